The molecular formula is C30H17ClN2O. The first kappa shape index (κ1) is 19.3. The summed E-state index contributed by atoms with van der Waals surface area (Å²) in [5.41, 5.74) is 6.64. The topological polar surface area (TPSA) is 38.9 Å². The van der Waals surface area contributed by atoms with Gasteiger partial charge in [0.25, 0.3) is 0 Å². The molecule has 7 rings (SSSR count). The van der Waals surface area contributed by atoms with Gasteiger partial charge in [-0.25, -0.2) is 9.97 Å². The number of fused-ring (bicyclic) bond motifs is 6. The van der Waals surface area contributed by atoms with Crippen molar-refractivity contribution >= 4 is 55.2 Å². The zero-order valence-corrected chi connectivity index (χ0v) is 18.8. The van der Waals surface area contributed by atoms with Crippen LogP contribution in [0.4, 0.5) is 0 Å². The molecule has 2 heterocycles. The Balaban J connectivity index is 1.39. The fraction of sp³-hybridized carbons (Fsp3) is 0. The zero-order chi connectivity index (χ0) is 22.6. The van der Waals surface area contributed by atoms with Crippen LogP contribution in [0.5, 0.6) is 0 Å². The van der Waals surface area contributed by atoms with E-state index in [0.29, 0.717) is 0 Å². The van der Waals surface area contributed by atoms with Crippen molar-refractivity contribution in [2.24, 2.45) is 0 Å². The molecule has 0 spiro atoms. The standard InChI is InChI=1S/C30H17ClN2O/c31-30-32-27(25-17-16-18-6-1-2-7-21(18)28(25)33-30)20-14-12-19(13-15-20)22-9-5-10-24-23-8-3-4-11-26(23)34-29(22)24/h1-17H. The van der Waals surface area contributed by atoms with Gasteiger partial charge in [-0.15, -0.1) is 0 Å². The predicted octanol–water partition coefficient (Wildman–Crippen LogP) is 8.67. The molecule has 0 atom stereocenters. The lowest BCUT2D eigenvalue weighted by Crippen LogP contribution is -1.92. The predicted molar refractivity (Wildman–Crippen MR) is 140 cm³/mol. The summed E-state index contributed by atoms with van der Waals surface area (Å²) in [4.78, 5) is 9.15. The third kappa shape index (κ3) is 2.91. The Labute approximate surface area is 200 Å². The van der Waals surface area contributed by atoms with Gasteiger partial charge in [0.15, 0.2) is 0 Å². The minimum absolute atomic E-state index is 0.245. The summed E-state index contributed by atoms with van der Waals surface area (Å²) >= 11 is 6.37. The summed E-state index contributed by atoms with van der Waals surface area (Å²) in [5.74, 6) is 0. The number of rotatable bonds is 2. The first-order chi connectivity index (χ1) is 16.8. The van der Waals surface area contributed by atoms with Crippen LogP contribution in [0.2, 0.25) is 5.28 Å². The van der Waals surface area contributed by atoms with Crippen molar-refractivity contribution in [1.29, 1.82) is 0 Å². The van der Waals surface area contributed by atoms with Crippen molar-refractivity contribution in [2.75, 3.05) is 0 Å². The van der Waals surface area contributed by atoms with Gasteiger partial charge in [-0.05, 0) is 34.7 Å². The van der Waals surface area contributed by atoms with Crippen LogP contribution in [-0.2, 0) is 0 Å². The van der Waals surface area contributed by atoms with Crippen LogP contribution in [-0.4, -0.2) is 9.97 Å². The number of benzene rings is 5. The van der Waals surface area contributed by atoms with E-state index in [9.17, 15) is 0 Å². The Morgan fingerprint density at radius 1 is 0.559 bits per heavy atom. The van der Waals surface area contributed by atoms with Crippen molar-refractivity contribution in [3.63, 3.8) is 0 Å². The van der Waals surface area contributed by atoms with E-state index in [-0.39, 0.29) is 5.28 Å². The lowest BCUT2D eigenvalue weighted by atomic mass is 9.98. The molecule has 4 heteroatoms. The van der Waals surface area contributed by atoms with Gasteiger partial charge in [0.2, 0.25) is 5.28 Å². The van der Waals surface area contributed by atoms with E-state index in [0.717, 1.165) is 66.0 Å². The maximum Gasteiger partial charge on any atom is 0.223 e. The molecule has 5 aromatic carbocycles. The van der Waals surface area contributed by atoms with Crippen molar-refractivity contribution in [3.8, 4) is 22.4 Å². The molecule has 0 fully saturated rings. The molecule has 0 saturated heterocycles. The zero-order valence-electron chi connectivity index (χ0n) is 18.0. The molecule has 0 unspecified atom stereocenters. The molecule has 0 aliphatic heterocycles. The number of halogens is 1. The van der Waals surface area contributed by atoms with Crippen molar-refractivity contribution in [2.45, 2.75) is 0 Å². The molecule has 0 N–H and O–H groups in total. The van der Waals surface area contributed by atoms with Crippen LogP contribution in [0.3, 0.4) is 0 Å². The highest BCUT2D eigenvalue weighted by atomic mass is 35.5. The van der Waals surface area contributed by atoms with Crippen molar-refractivity contribution in [1.82, 2.24) is 9.97 Å². The van der Waals surface area contributed by atoms with Gasteiger partial charge in [0, 0.05) is 32.7 Å². The van der Waals surface area contributed by atoms with Gasteiger partial charge >= 0.3 is 0 Å². The maximum absolute atomic E-state index is 6.37. The third-order valence-electron chi connectivity index (χ3n) is 6.44. The second-order valence-corrected chi connectivity index (χ2v) is 8.72. The summed E-state index contributed by atoms with van der Waals surface area (Å²) in [7, 11) is 0. The van der Waals surface area contributed by atoms with Crippen LogP contribution >= 0.6 is 11.6 Å². The summed E-state index contributed by atoms with van der Waals surface area (Å²) in [6.45, 7) is 0. The highest BCUT2D eigenvalue weighted by molar-refractivity contribution is 6.29. The quantitative estimate of drug-likeness (QED) is 0.193. The van der Waals surface area contributed by atoms with E-state index in [1.807, 2.05) is 30.3 Å². The fourth-order valence-electron chi connectivity index (χ4n) is 4.84. The summed E-state index contributed by atoms with van der Waals surface area (Å²) in [6, 6.07) is 35.2. The van der Waals surface area contributed by atoms with Crippen LogP contribution in [0.15, 0.2) is 108 Å². The Morgan fingerprint density at radius 2 is 1.29 bits per heavy atom. The Kier molecular flexibility index (Phi) is 4.20. The number of hydrogen-bond donors (Lipinski definition) is 0. The van der Waals surface area contributed by atoms with E-state index in [4.69, 9.17) is 16.0 Å². The Hall–Kier alpha value is -4.21. The largest absolute Gasteiger partial charge is 0.455 e. The number of nitrogens with zero attached hydrogens (tertiary/aromatic N) is 2. The summed E-state index contributed by atoms with van der Waals surface area (Å²) in [6.07, 6.45) is 0. The Bertz CT molecular complexity index is 1870. The average Bonchev–Trinajstić information content (AvgIpc) is 3.27. The number of para-hydroxylation sites is 2. The summed E-state index contributed by atoms with van der Waals surface area (Å²) in [5, 5.41) is 5.68. The molecule has 7 aromatic rings. The highest BCUT2D eigenvalue weighted by Crippen LogP contribution is 2.37. The summed E-state index contributed by atoms with van der Waals surface area (Å²) < 4.78 is 6.23. The van der Waals surface area contributed by atoms with E-state index in [1.165, 1.54) is 0 Å². The van der Waals surface area contributed by atoms with Gasteiger partial charge in [-0.2, -0.15) is 0 Å². The van der Waals surface area contributed by atoms with Gasteiger partial charge in [-0.3, -0.25) is 0 Å². The molecule has 0 amide bonds. The van der Waals surface area contributed by atoms with E-state index >= 15 is 0 Å². The molecule has 0 aliphatic rings. The SMILES string of the molecule is Clc1nc(-c2ccc(-c3cccc4c3oc3ccccc34)cc2)c2ccc3ccccc3c2n1. The molecular weight excluding hydrogens is 440 g/mol. The van der Waals surface area contributed by atoms with Crippen molar-refractivity contribution in [3.05, 3.63) is 108 Å². The maximum atomic E-state index is 6.37. The first-order valence-electron chi connectivity index (χ1n) is 11.1. The minimum Gasteiger partial charge on any atom is -0.455 e. The average molecular weight is 457 g/mol. The lowest BCUT2D eigenvalue weighted by Gasteiger charge is -2.10. The van der Waals surface area contributed by atoms with Gasteiger partial charge in [0.1, 0.15) is 11.2 Å². The molecule has 0 saturated carbocycles. The van der Waals surface area contributed by atoms with Crippen LogP contribution in [0.25, 0.3) is 66.0 Å². The van der Waals surface area contributed by atoms with Gasteiger partial charge in [0.05, 0.1) is 11.2 Å². The van der Waals surface area contributed by atoms with E-state index < -0.39 is 0 Å². The second-order valence-electron chi connectivity index (χ2n) is 8.38. The van der Waals surface area contributed by atoms with E-state index in [2.05, 4.69) is 82.8 Å². The van der Waals surface area contributed by atoms with E-state index in [1.54, 1.807) is 0 Å². The monoisotopic (exact) mass is 456 g/mol. The molecule has 3 nitrogen and oxygen atoms in total. The van der Waals surface area contributed by atoms with Gasteiger partial charge < -0.3 is 4.42 Å². The second kappa shape index (κ2) is 7.41. The molecule has 2 aromatic heterocycles. The number of hydrogen-bond acceptors (Lipinski definition) is 3. The molecule has 0 aliphatic carbocycles. The van der Waals surface area contributed by atoms with Gasteiger partial charge in [-0.1, -0.05) is 91.0 Å². The normalized spacial score (nSPS) is 11.7. The third-order valence-corrected chi connectivity index (χ3v) is 6.61. The van der Waals surface area contributed by atoms with Crippen molar-refractivity contribution < 1.29 is 4.42 Å². The Morgan fingerprint density at radius 3 is 2.18 bits per heavy atom. The minimum atomic E-state index is 0.245. The molecule has 0 radical (unpaired) electrons. The van der Waals surface area contributed by atoms with Crippen LogP contribution in [0, 0.1) is 0 Å². The highest BCUT2D eigenvalue weighted by Gasteiger charge is 2.14. The molecule has 160 valence electrons. The number of furan rings is 1. The fourth-order valence-corrected chi connectivity index (χ4v) is 5.01. The van der Waals surface area contributed by atoms with Crippen LogP contribution in [0.1, 0.15) is 0 Å². The van der Waals surface area contributed by atoms with Crippen LogP contribution < -0.4 is 0 Å². The first-order valence-corrected chi connectivity index (χ1v) is 11.5. The smallest absolute Gasteiger partial charge is 0.223 e. The lowest BCUT2D eigenvalue weighted by molar-refractivity contribution is 0.670. The number of aromatic nitrogens is 2. The molecule has 0 bridgehead atoms. The molecule has 34 heavy (non-hydrogen) atoms.